The van der Waals surface area contributed by atoms with Crippen LogP contribution in [0, 0.1) is 0 Å². The number of ether oxygens (including phenoxy) is 1. The number of anilines is 1. The summed E-state index contributed by atoms with van der Waals surface area (Å²) in [7, 11) is -1.27. The van der Waals surface area contributed by atoms with E-state index in [4.69, 9.17) is 39.5 Å². The second-order valence-electron chi connectivity index (χ2n) is 8.47. The van der Waals surface area contributed by atoms with Crippen LogP contribution in [0.2, 0.25) is 15.1 Å². The molecule has 208 valence electrons. The minimum Gasteiger partial charge on any atom is -0.497 e. The van der Waals surface area contributed by atoms with E-state index in [2.05, 4.69) is 5.32 Å². The zero-order chi connectivity index (χ0) is 28.7. The number of amides is 2. The maximum absolute atomic E-state index is 13.9. The molecular weight excluding hydrogens is 585 g/mol. The summed E-state index contributed by atoms with van der Waals surface area (Å²) in [6.07, 6.45) is 0.291. The van der Waals surface area contributed by atoms with E-state index in [0.717, 1.165) is 4.31 Å². The molecule has 0 heterocycles. The van der Waals surface area contributed by atoms with Gasteiger partial charge in [0.15, 0.2) is 0 Å². The first-order valence-electron chi connectivity index (χ1n) is 11.9. The molecule has 1 atom stereocenters. The zero-order valence-corrected chi connectivity index (χ0v) is 24.6. The lowest BCUT2D eigenvalue weighted by molar-refractivity contribution is -0.140. The van der Waals surface area contributed by atoms with Gasteiger partial charge in [0.05, 0.1) is 27.7 Å². The number of likely N-dealkylation sites (N-methyl/N-ethyl adjacent to an activating group) is 1. The highest BCUT2D eigenvalue weighted by Gasteiger charge is 2.33. The van der Waals surface area contributed by atoms with E-state index in [-0.39, 0.29) is 23.0 Å². The molecule has 0 spiro atoms. The fourth-order valence-electron chi connectivity index (χ4n) is 3.93. The van der Waals surface area contributed by atoms with Crippen LogP contribution < -0.4 is 14.4 Å². The molecule has 0 unspecified atom stereocenters. The molecule has 0 aliphatic carbocycles. The topological polar surface area (TPSA) is 96.0 Å². The smallest absolute Gasteiger partial charge is 0.264 e. The molecule has 39 heavy (non-hydrogen) atoms. The number of nitrogens with zero attached hydrogens (tertiary/aromatic N) is 2. The standard InChI is InChI=1S/C27H28Cl3N3O5S/c1-4-25(27(35)31-2)32(16-18-5-14-23(29)24(30)15-18)26(34)17-33(20-8-6-19(28)7-9-20)39(36,37)22-12-10-21(38-3)11-13-22/h5-15,25H,4,16-17H2,1-3H3,(H,31,35)/t25-/m0/s1. The maximum Gasteiger partial charge on any atom is 0.264 e. The molecule has 0 saturated carbocycles. The van der Waals surface area contributed by atoms with Crippen LogP contribution in [0.25, 0.3) is 0 Å². The largest absolute Gasteiger partial charge is 0.497 e. The molecular formula is C27H28Cl3N3O5S. The fourth-order valence-corrected chi connectivity index (χ4v) is 5.79. The molecule has 0 aliphatic heterocycles. The van der Waals surface area contributed by atoms with Crippen LogP contribution in [0.3, 0.4) is 0 Å². The van der Waals surface area contributed by atoms with Gasteiger partial charge in [-0.1, -0.05) is 47.8 Å². The monoisotopic (exact) mass is 611 g/mol. The number of carbonyl (C=O) groups is 2. The highest BCUT2D eigenvalue weighted by Crippen LogP contribution is 2.28. The number of hydrogen-bond donors (Lipinski definition) is 1. The van der Waals surface area contributed by atoms with Crippen molar-refractivity contribution >= 4 is 62.3 Å². The Morgan fingerprint density at radius 2 is 1.59 bits per heavy atom. The predicted octanol–water partition coefficient (Wildman–Crippen LogP) is 5.40. The minimum absolute atomic E-state index is 0.00130. The first kappa shape index (κ1) is 30.6. The molecule has 0 saturated heterocycles. The first-order valence-corrected chi connectivity index (χ1v) is 14.5. The Kier molecular flexibility index (Phi) is 10.5. The summed E-state index contributed by atoms with van der Waals surface area (Å²) >= 11 is 18.3. The molecule has 12 heteroatoms. The Hall–Kier alpha value is -2.98. The van der Waals surface area contributed by atoms with Crippen molar-refractivity contribution in [2.24, 2.45) is 0 Å². The third-order valence-electron chi connectivity index (χ3n) is 6.01. The lowest BCUT2D eigenvalue weighted by atomic mass is 10.1. The van der Waals surface area contributed by atoms with Crippen LogP contribution in [0.15, 0.2) is 71.6 Å². The van der Waals surface area contributed by atoms with Gasteiger partial charge in [-0.3, -0.25) is 13.9 Å². The Labute approximate surface area is 243 Å². The van der Waals surface area contributed by atoms with Crippen LogP contribution in [-0.2, 0) is 26.2 Å². The van der Waals surface area contributed by atoms with Crippen molar-refractivity contribution < 1.29 is 22.7 Å². The van der Waals surface area contributed by atoms with Crippen molar-refractivity contribution in [3.05, 3.63) is 87.4 Å². The molecule has 0 fully saturated rings. The summed E-state index contributed by atoms with van der Waals surface area (Å²) in [5.41, 5.74) is 0.849. The summed E-state index contributed by atoms with van der Waals surface area (Å²) in [6.45, 7) is 1.18. The third-order valence-corrected chi connectivity index (χ3v) is 8.79. The van der Waals surface area contributed by atoms with Crippen molar-refractivity contribution in [2.75, 3.05) is 25.0 Å². The van der Waals surface area contributed by atoms with E-state index >= 15 is 0 Å². The molecule has 1 N–H and O–H groups in total. The van der Waals surface area contributed by atoms with Crippen LogP contribution in [0.1, 0.15) is 18.9 Å². The van der Waals surface area contributed by atoms with E-state index < -0.39 is 28.5 Å². The Balaban J connectivity index is 2.06. The van der Waals surface area contributed by atoms with Gasteiger partial charge in [0.25, 0.3) is 10.0 Å². The molecule has 0 radical (unpaired) electrons. The van der Waals surface area contributed by atoms with Crippen LogP contribution in [0.5, 0.6) is 5.75 Å². The third kappa shape index (κ3) is 7.36. The molecule has 2 amide bonds. The minimum atomic E-state index is -4.22. The van der Waals surface area contributed by atoms with Crippen LogP contribution in [-0.4, -0.2) is 51.9 Å². The van der Waals surface area contributed by atoms with Gasteiger partial charge >= 0.3 is 0 Å². The van der Waals surface area contributed by atoms with Crippen molar-refractivity contribution in [1.82, 2.24) is 10.2 Å². The van der Waals surface area contributed by atoms with E-state index in [9.17, 15) is 18.0 Å². The van der Waals surface area contributed by atoms with Gasteiger partial charge in [-0.2, -0.15) is 0 Å². The quantitative estimate of drug-likeness (QED) is 0.313. The van der Waals surface area contributed by atoms with Crippen molar-refractivity contribution in [3.63, 3.8) is 0 Å². The summed E-state index contributed by atoms with van der Waals surface area (Å²) in [4.78, 5) is 27.9. The van der Waals surface area contributed by atoms with Gasteiger partial charge in [-0.25, -0.2) is 8.42 Å². The van der Waals surface area contributed by atoms with Gasteiger partial charge in [-0.05, 0) is 72.6 Å². The molecule has 3 aromatic carbocycles. The Morgan fingerprint density at radius 1 is 0.949 bits per heavy atom. The Bertz CT molecular complexity index is 1420. The lowest BCUT2D eigenvalue weighted by Gasteiger charge is -2.33. The molecule has 0 aromatic heterocycles. The number of halogens is 3. The SMILES string of the molecule is CC[C@@H](C(=O)NC)N(Cc1ccc(Cl)c(Cl)c1)C(=O)CN(c1ccc(Cl)cc1)S(=O)(=O)c1ccc(OC)cc1. The molecule has 3 aromatic rings. The van der Waals surface area contributed by atoms with Gasteiger partial charge < -0.3 is 15.0 Å². The van der Waals surface area contributed by atoms with E-state index in [1.807, 2.05) is 0 Å². The van der Waals surface area contributed by atoms with Crippen LogP contribution >= 0.6 is 34.8 Å². The van der Waals surface area contributed by atoms with Crippen molar-refractivity contribution in [1.29, 1.82) is 0 Å². The molecule has 0 bridgehead atoms. The number of sulfonamides is 1. The van der Waals surface area contributed by atoms with Gasteiger partial charge in [0.2, 0.25) is 11.8 Å². The van der Waals surface area contributed by atoms with E-state index in [1.54, 1.807) is 25.1 Å². The number of nitrogens with one attached hydrogen (secondary N) is 1. The van der Waals surface area contributed by atoms with Gasteiger partial charge in [0, 0.05) is 18.6 Å². The number of hydrogen-bond acceptors (Lipinski definition) is 5. The second kappa shape index (κ2) is 13.4. The number of carbonyl (C=O) groups excluding carboxylic acids is 2. The Morgan fingerprint density at radius 3 is 2.13 bits per heavy atom. The van der Waals surface area contributed by atoms with E-state index in [1.165, 1.54) is 67.6 Å². The average Bonchev–Trinajstić information content (AvgIpc) is 2.93. The molecule has 0 aliphatic rings. The summed E-state index contributed by atoms with van der Waals surface area (Å²) < 4.78 is 33.8. The maximum atomic E-state index is 13.9. The zero-order valence-electron chi connectivity index (χ0n) is 21.5. The summed E-state index contributed by atoms with van der Waals surface area (Å²) in [5.74, 6) is -0.502. The number of methoxy groups -OCH3 is 1. The number of benzene rings is 3. The average molecular weight is 613 g/mol. The van der Waals surface area contributed by atoms with Crippen molar-refractivity contribution in [3.8, 4) is 5.75 Å². The molecule has 8 nitrogen and oxygen atoms in total. The van der Waals surface area contributed by atoms with Crippen molar-refractivity contribution in [2.45, 2.75) is 30.8 Å². The second-order valence-corrected chi connectivity index (χ2v) is 11.6. The number of rotatable bonds is 11. The highest BCUT2D eigenvalue weighted by atomic mass is 35.5. The normalized spacial score (nSPS) is 11.9. The van der Waals surface area contributed by atoms with Crippen LogP contribution in [0.4, 0.5) is 5.69 Å². The van der Waals surface area contributed by atoms with Gasteiger partial charge in [0.1, 0.15) is 18.3 Å². The highest BCUT2D eigenvalue weighted by molar-refractivity contribution is 7.92. The molecule has 3 rings (SSSR count). The predicted molar refractivity (Wildman–Crippen MR) is 154 cm³/mol. The van der Waals surface area contributed by atoms with Gasteiger partial charge in [-0.15, -0.1) is 0 Å². The lowest BCUT2D eigenvalue weighted by Crippen LogP contribution is -2.51. The summed E-state index contributed by atoms with van der Waals surface area (Å²) in [5, 5.41) is 3.61. The first-order chi connectivity index (χ1) is 18.5. The fraction of sp³-hybridized carbons (Fsp3) is 0.259. The summed E-state index contributed by atoms with van der Waals surface area (Å²) in [6, 6.07) is 15.9. The van der Waals surface area contributed by atoms with E-state index in [0.29, 0.717) is 32.8 Å².